The van der Waals surface area contributed by atoms with Crippen molar-refractivity contribution >= 4 is 10.8 Å². The van der Waals surface area contributed by atoms with Gasteiger partial charge in [-0.3, -0.25) is 0 Å². The van der Waals surface area contributed by atoms with Crippen LogP contribution in [0.1, 0.15) is 23.7 Å². The van der Waals surface area contributed by atoms with Gasteiger partial charge in [0.2, 0.25) is 5.88 Å². The molecule has 0 saturated carbocycles. The Morgan fingerprint density at radius 1 is 1.08 bits per heavy atom. The van der Waals surface area contributed by atoms with Crippen molar-refractivity contribution in [3.05, 3.63) is 65.1 Å². The first-order valence-corrected chi connectivity index (χ1v) is 7.83. The lowest BCUT2D eigenvalue weighted by Crippen LogP contribution is -2.17. The van der Waals surface area contributed by atoms with Crippen LogP contribution in [0.5, 0.6) is 11.6 Å². The van der Waals surface area contributed by atoms with Gasteiger partial charge in [-0.15, -0.1) is 0 Å². The molecule has 0 radical (unpaired) electrons. The largest absolute Gasteiger partial charge is 0.485 e. The number of aryl methyl sites for hydroxylation is 1. The summed E-state index contributed by atoms with van der Waals surface area (Å²) in [4.78, 5) is 4.18. The molecule has 0 spiro atoms. The van der Waals surface area contributed by atoms with Crippen LogP contribution in [0.25, 0.3) is 10.8 Å². The maximum absolute atomic E-state index is 14.0. The molecule has 0 N–H and O–H groups in total. The minimum atomic E-state index is -1.21. The molecule has 0 bridgehead atoms. The zero-order valence-corrected chi connectivity index (χ0v) is 13.4. The molecule has 6 heteroatoms. The average Bonchev–Trinajstić information content (AvgIpc) is 2.63. The Morgan fingerprint density at radius 3 is 2.68 bits per heavy atom. The van der Waals surface area contributed by atoms with Crippen molar-refractivity contribution in [1.29, 1.82) is 0 Å². The van der Waals surface area contributed by atoms with E-state index in [2.05, 4.69) is 4.98 Å². The fourth-order valence-electron chi connectivity index (χ4n) is 3.21. The molecule has 0 amide bonds. The van der Waals surface area contributed by atoms with Crippen molar-refractivity contribution in [1.82, 2.24) is 4.98 Å². The Kier molecular flexibility index (Phi) is 3.75. The summed E-state index contributed by atoms with van der Waals surface area (Å²) >= 11 is 0. The van der Waals surface area contributed by atoms with Gasteiger partial charge in [0.15, 0.2) is 11.6 Å². The van der Waals surface area contributed by atoms with E-state index in [1.807, 2.05) is 12.1 Å². The Labute approximate surface area is 142 Å². The van der Waals surface area contributed by atoms with Crippen LogP contribution < -0.4 is 9.47 Å². The molecule has 1 atom stereocenters. The first-order chi connectivity index (χ1) is 12.1. The van der Waals surface area contributed by atoms with Crippen LogP contribution in [0.15, 0.2) is 36.5 Å². The topological polar surface area (TPSA) is 31.4 Å². The summed E-state index contributed by atoms with van der Waals surface area (Å²) in [5, 5.41) is 1.90. The molecule has 0 unspecified atom stereocenters. The maximum Gasteiger partial charge on any atom is 0.213 e. The third-order valence-corrected chi connectivity index (χ3v) is 4.47. The van der Waals surface area contributed by atoms with Crippen molar-refractivity contribution in [3.8, 4) is 11.6 Å². The van der Waals surface area contributed by atoms with Gasteiger partial charge in [0.05, 0.1) is 7.11 Å². The van der Waals surface area contributed by atoms with E-state index in [1.54, 1.807) is 19.4 Å². The lowest BCUT2D eigenvalue weighted by atomic mass is 9.94. The monoisotopic (exact) mass is 345 g/mol. The molecule has 0 aliphatic carbocycles. The summed E-state index contributed by atoms with van der Waals surface area (Å²) in [5.41, 5.74) is 0.995. The Bertz CT molecular complexity index is 975. The number of halogens is 3. The molecule has 3 aromatic rings. The molecule has 4 rings (SSSR count). The van der Waals surface area contributed by atoms with Gasteiger partial charge < -0.3 is 9.47 Å². The van der Waals surface area contributed by atoms with Crippen LogP contribution in [-0.4, -0.2) is 12.1 Å². The van der Waals surface area contributed by atoms with E-state index in [9.17, 15) is 13.2 Å². The molecule has 25 heavy (non-hydrogen) atoms. The molecule has 1 aliphatic heterocycles. The second kappa shape index (κ2) is 5.95. The lowest BCUT2D eigenvalue weighted by Gasteiger charge is -2.27. The Hall–Kier alpha value is -2.76. The SMILES string of the molecule is COc1cc2c3c(ccc2cn1)O[C@H](c1cc(F)c(F)cc1F)CC3. The second-order valence-electron chi connectivity index (χ2n) is 5.92. The quantitative estimate of drug-likeness (QED) is 0.630. The van der Waals surface area contributed by atoms with Crippen LogP contribution in [0, 0.1) is 17.5 Å². The molecule has 2 aromatic carbocycles. The molecular formula is C19H14F3NO2. The number of aromatic nitrogens is 1. The van der Waals surface area contributed by atoms with E-state index in [0.29, 0.717) is 30.5 Å². The van der Waals surface area contributed by atoms with E-state index >= 15 is 0 Å². The third kappa shape index (κ3) is 2.67. The molecule has 1 aliphatic rings. The predicted molar refractivity (Wildman–Crippen MR) is 86.3 cm³/mol. The van der Waals surface area contributed by atoms with Crippen LogP contribution in [0.4, 0.5) is 13.2 Å². The van der Waals surface area contributed by atoms with Gasteiger partial charge in [-0.05, 0) is 36.4 Å². The van der Waals surface area contributed by atoms with Gasteiger partial charge in [-0.2, -0.15) is 0 Å². The number of benzene rings is 2. The highest BCUT2D eigenvalue weighted by Gasteiger charge is 2.26. The molecular weight excluding hydrogens is 331 g/mol. The zero-order valence-electron chi connectivity index (χ0n) is 13.4. The van der Waals surface area contributed by atoms with E-state index in [4.69, 9.17) is 9.47 Å². The summed E-state index contributed by atoms with van der Waals surface area (Å²) in [6.07, 6.45) is 2.13. The Balaban J connectivity index is 1.75. The highest BCUT2D eigenvalue weighted by molar-refractivity contribution is 5.88. The van der Waals surface area contributed by atoms with Gasteiger partial charge in [0.1, 0.15) is 17.7 Å². The number of rotatable bonds is 2. The van der Waals surface area contributed by atoms with Crippen LogP contribution in [0.2, 0.25) is 0 Å². The summed E-state index contributed by atoms with van der Waals surface area (Å²) < 4.78 is 51.7. The summed E-state index contributed by atoms with van der Waals surface area (Å²) in [6, 6.07) is 6.89. The van der Waals surface area contributed by atoms with E-state index in [0.717, 1.165) is 22.4 Å². The van der Waals surface area contributed by atoms with Crippen molar-refractivity contribution < 1.29 is 22.6 Å². The third-order valence-electron chi connectivity index (χ3n) is 4.47. The van der Waals surface area contributed by atoms with Crippen LogP contribution in [0.3, 0.4) is 0 Å². The fraction of sp³-hybridized carbons (Fsp3) is 0.211. The number of methoxy groups -OCH3 is 1. The van der Waals surface area contributed by atoms with Gasteiger partial charge in [-0.1, -0.05) is 0 Å². The van der Waals surface area contributed by atoms with Gasteiger partial charge in [-0.25, -0.2) is 18.2 Å². The number of fused-ring (bicyclic) bond motifs is 3. The normalized spacial score (nSPS) is 16.4. The van der Waals surface area contributed by atoms with Crippen molar-refractivity contribution in [2.24, 2.45) is 0 Å². The summed E-state index contributed by atoms with van der Waals surface area (Å²) in [7, 11) is 1.54. The zero-order chi connectivity index (χ0) is 17.6. The van der Waals surface area contributed by atoms with E-state index < -0.39 is 23.6 Å². The first kappa shape index (κ1) is 15.7. The standard InChI is InChI=1S/C19H14F3NO2/c1-24-19-7-12-10(9-23-19)2-4-17-11(12)3-5-18(25-17)13-6-15(21)16(22)8-14(13)20/h2,4,6-9,18H,3,5H2,1H3/t18-/m0/s1. The van der Waals surface area contributed by atoms with Gasteiger partial charge >= 0.3 is 0 Å². The van der Waals surface area contributed by atoms with Crippen molar-refractivity contribution in [3.63, 3.8) is 0 Å². The lowest BCUT2D eigenvalue weighted by molar-refractivity contribution is 0.172. The number of pyridine rings is 1. The minimum Gasteiger partial charge on any atom is -0.485 e. The van der Waals surface area contributed by atoms with E-state index in [-0.39, 0.29) is 5.56 Å². The van der Waals surface area contributed by atoms with Gasteiger partial charge in [0.25, 0.3) is 0 Å². The summed E-state index contributed by atoms with van der Waals surface area (Å²) in [5.74, 6) is -2.00. The number of ether oxygens (including phenoxy) is 2. The second-order valence-corrected chi connectivity index (χ2v) is 5.92. The first-order valence-electron chi connectivity index (χ1n) is 7.83. The van der Waals surface area contributed by atoms with Crippen LogP contribution in [-0.2, 0) is 6.42 Å². The van der Waals surface area contributed by atoms with E-state index in [1.165, 1.54) is 0 Å². The van der Waals surface area contributed by atoms with Crippen molar-refractivity contribution in [2.75, 3.05) is 7.11 Å². The summed E-state index contributed by atoms with van der Waals surface area (Å²) in [6.45, 7) is 0. The molecule has 128 valence electrons. The molecule has 1 aromatic heterocycles. The number of nitrogens with zero attached hydrogens (tertiary/aromatic N) is 1. The highest BCUT2D eigenvalue weighted by atomic mass is 19.2. The highest BCUT2D eigenvalue weighted by Crippen LogP contribution is 2.40. The predicted octanol–water partition coefficient (Wildman–Crippen LogP) is 4.73. The minimum absolute atomic E-state index is 0.0250. The molecule has 0 saturated heterocycles. The number of hydrogen-bond donors (Lipinski definition) is 0. The molecule has 0 fully saturated rings. The number of hydrogen-bond acceptors (Lipinski definition) is 3. The molecule has 2 heterocycles. The van der Waals surface area contributed by atoms with Gasteiger partial charge in [0, 0.05) is 34.8 Å². The van der Waals surface area contributed by atoms with Crippen molar-refractivity contribution in [2.45, 2.75) is 18.9 Å². The fourth-order valence-corrected chi connectivity index (χ4v) is 3.21. The smallest absolute Gasteiger partial charge is 0.213 e. The average molecular weight is 345 g/mol. The Morgan fingerprint density at radius 2 is 1.88 bits per heavy atom. The maximum atomic E-state index is 14.0. The molecule has 3 nitrogen and oxygen atoms in total. The van der Waals surface area contributed by atoms with Crippen LogP contribution >= 0.6 is 0 Å².